The number of rotatable bonds is 3. The second-order valence-corrected chi connectivity index (χ2v) is 6.42. The maximum absolute atomic E-state index is 11.1. The summed E-state index contributed by atoms with van der Waals surface area (Å²) in [6.07, 6.45) is 1.68. The van der Waals surface area contributed by atoms with E-state index in [1.165, 1.54) is 18.2 Å². The van der Waals surface area contributed by atoms with Crippen molar-refractivity contribution < 1.29 is 9.34 Å². The number of nitro groups is 1. The first kappa shape index (κ1) is 16.8. The number of imidazole rings is 1. The third-order valence-electron chi connectivity index (χ3n) is 4.63. The molecule has 2 aromatic carbocycles. The van der Waals surface area contributed by atoms with Crippen LogP contribution in [0.3, 0.4) is 0 Å². The number of hydrogen-bond acceptors (Lipinski definition) is 6. The molecule has 1 N–H and O–H groups in total. The van der Waals surface area contributed by atoms with Crippen LogP contribution in [0.2, 0.25) is 0 Å². The predicted molar refractivity (Wildman–Crippen MR) is 107 cm³/mol. The number of non-ortho nitro benzene ring substituents is 1. The van der Waals surface area contributed by atoms with Crippen molar-refractivity contribution in [1.82, 2.24) is 14.5 Å². The van der Waals surface area contributed by atoms with Gasteiger partial charge in [0.25, 0.3) is 5.69 Å². The quantitative estimate of drug-likeness (QED) is 0.370. The summed E-state index contributed by atoms with van der Waals surface area (Å²) in [5, 5.41) is 20.0. The lowest BCUT2D eigenvalue weighted by molar-refractivity contribution is -0.384. The number of nitro benzene ring substituents is 1. The molecule has 0 aliphatic rings. The number of pyridine rings is 1. The highest BCUT2D eigenvalue weighted by Crippen LogP contribution is 2.28. The Kier molecular flexibility index (Phi) is 3.70. The monoisotopic (exact) mass is 383 g/mol. The predicted octanol–water partition coefficient (Wildman–Crippen LogP) is 4.22. The van der Waals surface area contributed by atoms with Crippen LogP contribution in [0.4, 0.5) is 5.69 Å². The van der Waals surface area contributed by atoms with Gasteiger partial charge in [0, 0.05) is 29.4 Å². The highest BCUT2D eigenvalue weighted by atomic mass is 16.6. The van der Waals surface area contributed by atoms with Gasteiger partial charge < -0.3 is 4.42 Å². The van der Waals surface area contributed by atoms with Crippen molar-refractivity contribution in [3.05, 3.63) is 88.6 Å². The molecule has 5 rings (SSSR count). The molecule has 0 aliphatic heterocycles. The summed E-state index contributed by atoms with van der Waals surface area (Å²) in [5.41, 5.74) is 2.83. The minimum Gasteiger partial charge on any atom is -0.438 e. The average Bonchev–Trinajstić information content (AvgIpc) is 3.12. The molecule has 0 unspecified atom stereocenters. The standard InChI is InChI=1S/C21H13N5O3/c22-19-16(12-13-11-15(26(27)28)8-9-18(13)29-19)20-24-17-7-4-10-23-21(17)25(20)14-5-2-1-3-6-14/h1-12,22H. The van der Waals surface area contributed by atoms with Crippen LogP contribution in [-0.4, -0.2) is 19.5 Å². The summed E-state index contributed by atoms with van der Waals surface area (Å²) < 4.78 is 7.49. The number of nitrogens with zero attached hydrogens (tertiary/aromatic N) is 4. The second kappa shape index (κ2) is 6.38. The zero-order valence-electron chi connectivity index (χ0n) is 14.9. The van der Waals surface area contributed by atoms with Gasteiger partial charge in [-0.1, -0.05) is 18.2 Å². The molecule has 0 atom stereocenters. The van der Waals surface area contributed by atoms with Gasteiger partial charge in [0.2, 0.25) is 5.55 Å². The topological polar surface area (TPSA) is 111 Å². The molecule has 0 amide bonds. The molecule has 3 aromatic heterocycles. The summed E-state index contributed by atoms with van der Waals surface area (Å²) in [6.45, 7) is 0. The van der Waals surface area contributed by atoms with Crippen molar-refractivity contribution in [3.8, 4) is 17.1 Å². The lowest BCUT2D eigenvalue weighted by atomic mass is 10.1. The molecule has 8 heteroatoms. The highest BCUT2D eigenvalue weighted by Gasteiger charge is 2.18. The van der Waals surface area contributed by atoms with E-state index in [0.29, 0.717) is 33.5 Å². The van der Waals surface area contributed by atoms with E-state index in [9.17, 15) is 10.1 Å². The van der Waals surface area contributed by atoms with E-state index in [4.69, 9.17) is 9.83 Å². The minimum absolute atomic E-state index is 0.0467. The van der Waals surface area contributed by atoms with Crippen LogP contribution in [-0.2, 0) is 0 Å². The fourth-order valence-electron chi connectivity index (χ4n) is 3.32. The Morgan fingerprint density at radius 2 is 1.86 bits per heavy atom. The Bertz CT molecular complexity index is 1450. The van der Waals surface area contributed by atoms with E-state index in [-0.39, 0.29) is 11.2 Å². The van der Waals surface area contributed by atoms with Gasteiger partial charge in [-0.2, -0.15) is 0 Å². The largest absolute Gasteiger partial charge is 0.438 e. The Hall–Kier alpha value is -4.33. The molecule has 0 aliphatic carbocycles. The van der Waals surface area contributed by atoms with Gasteiger partial charge in [0.15, 0.2) is 11.5 Å². The molecule has 0 spiro atoms. The van der Waals surface area contributed by atoms with Crippen molar-refractivity contribution >= 4 is 27.8 Å². The molecule has 5 aromatic rings. The van der Waals surface area contributed by atoms with Crippen molar-refractivity contribution in [3.63, 3.8) is 0 Å². The third kappa shape index (κ3) is 2.74. The molecular weight excluding hydrogens is 370 g/mol. The fourth-order valence-corrected chi connectivity index (χ4v) is 3.32. The van der Waals surface area contributed by atoms with Gasteiger partial charge in [-0.25, -0.2) is 9.97 Å². The number of fused-ring (bicyclic) bond motifs is 2. The number of aromatic nitrogens is 3. The first-order valence-corrected chi connectivity index (χ1v) is 8.78. The van der Waals surface area contributed by atoms with Gasteiger partial charge in [0.1, 0.15) is 11.1 Å². The summed E-state index contributed by atoms with van der Waals surface area (Å²) in [6, 6.07) is 19.2. The summed E-state index contributed by atoms with van der Waals surface area (Å²) in [7, 11) is 0. The van der Waals surface area contributed by atoms with Crippen molar-refractivity contribution in [2.24, 2.45) is 0 Å². The zero-order valence-corrected chi connectivity index (χ0v) is 14.9. The Balaban J connectivity index is 1.84. The Morgan fingerprint density at radius 3 is 2.66 bits per heavy atom. The normalized spacial score (nSPS) is 11.2. The van der Waals surface area contributed by atoms with Gasteiger partial charge in [-0.3, -0.25) is 20.1 Å². The molecule has 0 fully saturated rings. The van der Waals surface area contributed by atoms with E-state index >= 15 is 0 Å². The number of benzene rings is 2. The first-order valence-electron chi connectivity index (χ1n) is 8.78. The molecule has 140 valence electrons. The van der Waals surface area contributed by atoms with Gasteiger partial charge in [0.05, 0.1) is 10.5 Å². The van der Waals surface area contributed by atoms with Crippen LogP contribution in [0.1, 0.15) is 0 Å². The molecule has 0 saturated heterocycles. The zero-order chi connectivity index (χ0) is 20.0. The average molecular weight is 383 g/mol. The van der Waals surface area contributed by atoms with Gasteiger partial charge in [-0.05, 0) is 36.4 Å². The van der Waals surface area contributed by atoms with E-state index in [2.05, 4.69) is 9.97 Å². The van der Waals surface area contributed by atoms with Crippen molar-refractivity contribution in [2.75, 3.05) is 0 Å². The van der Waals surface area contributed by atoms with Crippen LogP contribution < -0.4 is 5.55 Å². The third-order valence-corrected chi connectivity index (χ3v) is 4.63. The number of hydrogen-bond donors (Lipinski definition) is 1. The molecule has 3 heterocycles. The van der Waals surface area contributed by atoms with Crippen LogP contribution in [0.5, 0.6) is 0 Å². The maximum Gasteiger partial charge on any atom is 0.270 e. The lowest BCUT2D eigenvalue weighted by Gasteiger charge is -2.09. The molecule has 0 radical (unpaired) electrons. The first-order chi connectivity index (χ1) is 14.1. The number of para-hydroxylation sites is 1. The van der Waals surface area contributed by atoms with Gasteiger partial charge in [-0.15, -0.1) is 0 Å². The molecule has 8 nitrogen and oxygen atoms in total. The highest BCUT2D eigenvalue weighted by molar-refractivity contribution is 5.85. The van der Waals surface area contributed by atoms with E-state index in [0.717, 1.165) is 5.69 Å². The van der Waals surface area contributed by atoms with Crippen molar-refractivity contribution in [1.29, 1.82) is 5.41 Å². The number of nitrogens with one attached hydrogen (secondary N) is 1. The van der Waals surface area contributed by atoms with Gasteiger partial charge >= 0.3 is 0 Å². The smallest absolute Gasteiger partial charge is 0.270 e. The van der Waals surface area contributed by atoms with E-state index in [1.54, 1.807) is 18.3 Å². The molecular formula is C21H13N5O3. The second-order valence-electron chi connectivity index (χ2n) is 6.42. The lowest BCUT2D eigenvalue weighted by Crippen LogP contribution is -2.08. The van der Waals surface area contributed by atoms with E-state index in [1.807, 2.05) is 41.0 Å². The fraction of sp³-hybridized carbons (Fsp3) is 0. The van der Waals surface area contributed by atoms with Crippen LogP contribution in [0.15, 0.2) is 77.3 Å². The molecule has 0 bridgehead atoms. The Labute approximate surface area is 163 Å². The van der Waals surface area contributed by atoms with E-state index < -0.39 is 4.92 Å². The summed E-state index contributed by atoms with van der Waals surface area (Å²) in [4.78, 5) is 19.8. The van der Waals surface area contributed by atoms with Crippen molar-refractivity contribution in [2.45, 2.75) is 0 Å². The van der Waals surface area contributed by atoms with Crippen LogP contribution in [0, 0.1) is 15.5 Å². The Morgan fingerprint density at radius 1 is 1.03 bits per heavy atom. The maximum atomic E-state index is 11.1. The summed E-state index contributed by atoms with van der Waals surface area (Å²) >= 11 is 0. The SMILES string of the molecule is N=c1oc2ccc([N+](=O)[O-])cc2cc1-c1nc2cccnc2n1-c1ccccc1. The summed E-state index contributed by atoms with van der Waals surface area (Å²) in [5.74, 6) is 0.479. The van der Waals surface area contributed by atoms with Crippen LogP contribution >= 0.6 is 0 Å². The molecule has 29 heavy (non-hydrogen) atoms. The molecule has 0 saturated carbocycles. The minimum atomic E-state index is -0.461. The van der Waals surface area contributed by atoms with Crippen LogP contribution in [0.25, 0.3) is 39.2 Å².